The molecule has 3 aromatic carbocycles. The molecule has 0 spiro atoms. The molecule has 0 bridgehead atoms. The minimum atomic E-state index is -0.000415. The van der Waals surface area contributed by atoms with Crippen molar-refractivity contribution in [2.24, 2.45) is 0 Å². The monoisotopic (exact) mass is 370 g/mol. The molecule has 0 radical (unpaired) electrons. The van der Waals surface area contributed by atoms with E-state index in [0.717, 1.165) is 5.39 Å². The number of phenolic OH excluding ortho intramolecular Hbond substituents is 1. The number of hydrogen-bond donors (Lipinski definition) is 1. The fourth-order valence-electron chi connectivity index (χ4n) is 3.00. The van der Waals surface area contributed by atoms with Crippen LogP contribution in [-0.4, -0.2) is 33.2 Å². The van der Waals surface area contributed by atoms with E-state index in [-0.39, 0.29) is 18.3 Å². The summed E-state index contributed by atoms with van der Waals surface area (Å²) in [5, 5.41) is 12.1. The van der Waals surface area contributed by atoms with Gasteiger partial charge >= 0.3 is 0 Å². The molecule has 0 aromatic heterocycles. The minimum absolute atomic E-state index is 0.000415. The van der Waals surface area contributed by atoms with Gasteiger partial charge in [0.25, 0.3) is 0 Å². The summed E-state index contributed by atoms with van der Waals surface area (Å²) in [6.45, 7) is 0.168. The van der Waals surface area contributed by atoms with Crippen molar-refractivity contribution in [1.82, 2.24) is 0 Å². The Kier molecular flexibility index (Phi) is 4.19. The van der Waals surface area contributed by atoms with Gasteiger partial charge in [-0.2, -0.15) is 0 Å². The maximum absolute atomic E-state index is 10.7. The Labute approximate surface area is 155 Å². The van der Waals surface area contributed by atoms with E-state index in [1.165, 1.54) is 21.3 Å². The smallest absolute Gasteiger partial charge is 0.231 e. The second-order valence-corrected chi connectivity index (χ2v) is 5.80. The molecule has 27 heavy (non-hydrogen) atoms. The predicted octanol–water partition coefficient (Wildman–Crippen LogP) is 4.09. The zero-order valence-corrected chi connectivity index (χ0v) is 15.1. The number of rotatable bonds is 5. The van der Waals surface area contributed by atoms with Crippen molar-refractivity contribution >= 4 is 10.8 Å². The lowest BCUT2D eigenvalue weighted by molar-refractivity contribution is 0.174. The Balaban J connectivity index is 1.75. The highest BCUT2D eigenvalue weighted by Gasteiger charge is 2.19. The fraction of sp³-hybridized carbons (Fsp3) is 0.200. The van der Waals surface area contributed by atoms with Crippen molar-refractivity contribution in [3.8, 4) is 46.0 Å². The molecule has 7 heteroatoms. The first-order chi connectivity index (χ1) is 13.1. The zero-order chi connectivity index (χ0) is 19.0. The van der Waals surface area contributed by atoms with Gasteiger partial charge in [0.1, 0.15) is 5.75 Å². The fourth-order valence-corrected chi connectivity index (χ4v) is 3.00. The molecule has 1 heterocycles. The highest BCUT2D eigenvalue weighted by atomic mass is 16.7. The number of methoxy groups -OCH3 is 3. The lowest BCUT2D eigenvalue weighted by Gasteiger charge is -2.15. The molecule has 0 atom stereocenters. The van der Waals surface area contributed by atoms with E-state index in [9.17, 15) is 5.11 Å². The van der Waals surface area contributed by atoms with Gasteiger partial charge in [-0.25, -0.2) is 0 Å². The average Bonchev–Trinajstić information content (AvgIpc) is 3.15. The first-order valence-corrected chi connectivity index (χ1v) is 8.17. The maximum atomic E-state index is 10.7. The van der Waals surface area contributed by atoms with E-state index < -0.39 is 0 Å². The molecule has 0 unspecified atom stereocenters. The molecular formula is C20H18O7. The Hall–Kier alpha value is -3.48. The molecule has 0 saturated heterocycles. The number of phenols is 1. The SMILES string of the molecule is COc1cc(Oc2ccc3cc4c(cc3c2O)OCO4)cc(OC)c1OC. The first kappa shape index (κ1) is 17.0. The van der Waals surface area contributed by atoms with Gasteiger partial charge in [-0.15, -0.1) is 0 Å². The van der Waals surface area contributed by atoms with Crippen LogP contribution in [0, 0.1) is 0 Å². The summed E-state index contributed by atoms with van der Waals surface area (Å²) in [6, 6.07) is 10.4. The van der Waals surface area contributed by atoms with Gasteiger partial charge < -0.3 is 33.5 Å². The van der Waals surface area contributed by atoms with E-state index in [2.05, 4.69) is 0 Å². The molecule has 0 amide bonds. The first-order valence-electron chi connectivity index (χ1n) is 8.17. The summed E-state index contributed by atoms with van der Waals surface area (Å²) in [7, 11) is 4.58. The molecule has 1 aliphatic heterocycles. The van der Waals surface area contributed by atoms with Crippen LogP contribution in [0.2, 0.25) is 0 Å². The second kappa shape index (κ2) is 6.68. The molecule has 7 nitrogen and oxygen atoms in total. The lowest BCUT2D eigenvalue weighted by Crippen LogP contribution is -1.96. The molecular weight excluding hydrogens is 352 g/mol. The van der Waals surface area contributed by atoms with Crippen molar-refractivity contribution in [3.05, 3.63) is 36.4 Å². The van der Waals surface area contributed by atoms with E-state index in [1.807, 2.05) is 12.1 Å². The van der Waals surface area contributed by atoms with Crippen LogP contribution in [0.25, 0.3) is 10.8 Å². The van der Waals surface area contributed by atoms with Crippen molar-refractivity contribution < 1.29 is 33.5 Å². The normalized spacial score (nSPS) is 12.1. The average molecular weight is 370 g/mol. The van der Waals surface area contributed by atoms with Gasteiger partial charge in [-0.1, -0.05) is 6.07 Å². The van der Waals surface area contributed by atoms with Gasteiger partial charge in [-0.3, -0.25) is 0 Å². The summed E-state index contributed by atoms with van der Waals surface area (Å²) in [6.07, 6.45) is 0. The molecule has 140 valence electrons. The third-order valence-electron chi connectivity index (χ3n) is 4.31. The van der Waals surface area contributed by atoms with Crippen LogP contribution in [-0.2, 0) is 0 Å². The summed E-state index contributed by atoms with van der Waals surface area (Å²) in [5.41, 5.74) is 0. The Bertz CT molecular complexity index is 988. The molecule has 3 aromatic rings. The van der Waals surface area contributed by atoms with Gasteiger partial charge in [-0.05, 0) is 23.6 Å². The second-order valence-electron chi connectivity index (χ2n) is 5.80. The van der Waals surface area contributed by atoms with Gasteiger partial charge in [0.05, 0.1) is 21.3 Å². The van der Waals surface area contributed by atoms with Gasteiger partial charge in [0, 0.05) is 17.5 Å². The van der Waals surface area contributed by atoms with Crippen LogP contribution in [0.3, 0.4) is 0 Å². The van der Waals surface area contributed by atoms with Crippen LogP contribution in [0.15, 0.2) is 36.4 Å². The molecule has 1 aliphatic rings. The maximum Gasteiger partial charge on any atom is 0.231 e. The molecule has 4 rings (SSSR count). The summed E-state index contributed by atoms with van der Waals surface area (Å²) < 4.78 is 32.6. The molecule has 0 saturated carbocycles. The third kappa shape index (κ3) is 2.87. The Morgan fingerprint density at radius 3 is 2.11 bits per heavy atom. The van der Waals surface area contributed by atoms with Crippen LogP contribution in [0.5, 0.6) is 46.0 Å². The molecule has 0 aliphatic carbocycles. The quantitative estimate of drug-likeness (QED) is 0.725. The van der Waals surface area contributed by atoms with Crippen molar-refractivity contribution in [1.29, 1.82) is 0 Å². The van der Waals surface area contributed by atoms with Crippen LogP contribution >= 0.6 is 0 Å². The van der Waals surface area contributed by atoms with E-state index in [4.69, 9.17) is 28.4 Å². The molecule has 0 fully saturated rings. The lowest BCUT2D eigenvalue weighted by atomic mass is 10.1. The van der Waals surface area contributed by atoms with Crippen molar-refractivity contribution in [2.75, 3.05) is 28.1 Å². The molecule has 1 N–H and O–H groups in total. The van der Waals surface area contributed by atoms with Crippen LogP contribution in [0.1, 0.15) is 0 Å². The van der Waals surface area contributed by atoms with Crippen LogP contribution in [0.4, 0.5) is 0 Å². The third-order valence-corrected chi connectivity index (χ3v) is 4.31. The zero-order valence-electron chi connectivity index (χ0n) is 15.1. The van der Waals surface area contributed by atoms with Crippen molar-refractivity contribution in [3.63, 3.8) is 0 Å². The highest BCUT2D eigenvalue weighted by Crippen LogP contribution is 2.46. The largest absolute Gasteiger partial charge is 0.504 e. The Morgan fingerprint density at radius 1 is 0.815 bits per heavy atom. The topological polar surface area (TPSA) is 75.6 Å². The van der Waals surface area contributed by atoms with Crippen LogP contribution < -0.4 is 28.4 Å². The van der Waals surface area contributed by atoms with Gasteiger partial charge in [0.15, 0.2) is 34.5 Å². The number of benzene rings is 3. The van der Waals surface area contributed by atoms with E-state index >= 15 is 0 Å². The number of aromatic hydroxyl groups is 1. The van der Waals surface area contributed by atoms with Gasteiger partial charge in [0.2, 0.25) is 12.5 Å². The number of hydrogen-bond acceptors (Lipinski definition) is 7. The summed E-state index contributed by atoms with van der Waals surface area (Å²) >= 11 is 0. The highest BCUT2D eigenvalue weighted by molar-refractivity contribution is 5.93. The van der Waals surface area contributed by atoms with E-state index in [0.29, 0.717) is 39.9 Å². The van der Waals surface area contributed by atoms with Crippen molar-refractivity contribution in [2.45, 2.75) is 0 Å². The number of ether oxygens (including phenoxy) is 6. The summed E-state index contributed by atoms with van der Waals surface area (Å²) in [4.78, 5) is 0. The predicted molar refractivity (Wildman–Crippen MR) is 97.9 cm³/mol. The number of fused-ring (bicyclic) bond motifs is 2. The Morgan fingerprint density at radius 2 is 1.48 bits per heavy atom. The van der Waals surface area contributed by atoms with E-state index in [1.54, 1.807) is 24.3 Å². The standard InChI is InChI=1S/C20H18O7/c1-22-17-7-12(8-18(23-2)20(17)24-3)27-14-5-4-11-6-15-16(26-10-25-15)9-13(11)19(14)21/h4-9,21H,10H2,1-3H3. The summed E-state index contributed by atoms with van der Waals surface area (Å²) in [5.74, 6) is 3.33. The minimum Gasteiger partial charge on any atom is -0.504 e.